The number of aromatic nitrogens is 1. The molecule has 3 aromatic rings. The highest BCUT2D eigenvalue weighted by Gasteiger charge is 2.23. The number of rotatable bonds is 5. The third-order valence-corrected chi connectivity index (χ3v) is 5.09. The van der Waals surface area contributed by atoms with Gasteiger partial charge in [0.05, 0.1) is 11.1 Å². The van der Waals surface area contributed by atoms with E-state index < -0.39 is 0 Å². The molecule has 1 unspecified atom stereocenters. The van der Waals surface area contributed by atoms with E-state index in [-0.39, 0.29) is 33.7 Å². The normalized spacial score (nSPS) is 11.6. The van der Waals surface area contributed by atoms with Crippen LogP contribution in [-0.2, 0) is 0 Å². The number of anilines is 1. The number of benzene rings is 2. The lowest BCUT2D eigenvalue weighted by Crippen LogP contribution is -2.30. The standard InChI is InChI=1S/C22H19Cl2N3O2/c1-14(27(2)22(29)20-18(23)11-12-19(24)26-20)16-9-6-10-17(13-16)25-21(28)15-7-4-3-5-8-15/h3-14H,1-2H3,(H,25,28). The van der Waals surface area contributed by atoms with Gasteiger partial charge in [-0.05, 0) is 48.9 Å². The predicted octanol–water partition coefficient (Wildman–Crippen LogP) is 5.47. The van der Waals surface area contributed by atoms with Crippen molar-refractivity contribution < 1.29 is 9.59 Å². The summed E-state index contributed by atoms with van der Waals surface area (Å²) in [4.78, 5) is 30.8. The molecule has 2 amide bonds. The first-order chi connectivity index (χ1) is 13.9. The van der Waals surface area contributed by atoms with Crippen LogP contribution in [0.4, 0.5) is 5.69 Å². The van der Waals surface area contributed by atoms with E-state index in [2.05, 4.69) is 10.3 Å². The molecule has 0 bridgehead atoms. The van der Waals surface area contributed by atoms with E-state index in [1.165, 1.54) is 11.0 Å². The number of nitrogens with zero attached hydrogens (tertiary/aromatic N) is 2. The fraction of sp³-hybridized carbons (Fsp3) is 0.136. The number of carbonyl (C=O) groups excluding carboxylic acids is 2. The second-order valence-corrected chi connectivity index (χ2v) is 7.30. The zero-order valence-corrected chi connectivity index (χ0v) is 17.4. The van der Waals surface area contributed by atoms with Crippen LogP contribution in [0.1, 0.15) is 39.4 Å². The van der Waals surface area contributed by atoms with Crippen LogP contribution in [0.2, 0.25) is 10.2 Å². The Morgan fingerprint density at radius 1 is 1.00 bits per heavy atom. The van der Waals surface area contributed by atoms with Gasteiger partial charge >= 0.3 is 0 Å². The van der Waals surface area contributed by atoms with Gasteiger partial charge in [0.1, 0.15) is 10.8 Å². The SMILES string of the molecule is CC(c1cccc(NC(=O)c2ccccc2)c1)N(C)C(=O)c1nc(Cl)ccc1Cl. The zero-order chi connectivity index (χ0) is 21.0. The molecule has 148 valence electrons. The molecule has 0 aliphatic carbocycles. The number of halogens is 2. The first-order valence-electron chi connectivity index (χ1n) is 8.92. The molecule has 3 rings (SSSR count). The van der Waals surface area contributed by atoms with Crippen LogP contribution >= 0.6 is 23.2 Å². The number of pyridine rings is 1. The maximum Gasteiger partial charge on any atom is 0.274 e. The van der Waals surface area contributed by atoms with E-state index in [0.717, 1.165) is 5.56 Å². The minimum atomic E-state index is -0.344. The highest BCUT2D eigenvalue weighted by Crippen LogP contribution is 2.26. The van der Waals surface area contributed by atoms with Gasteiger partial charge in [0.25, 0.3) is 11.8 Å². The summed E-state index contributed by atoms with van der Waals surface area (Å²) in [5.41, 5.74) is 2.16. The van der Waals surface area contributed by atoms with Crippen LogP contribution in [-0.4, -0.2) is 28.7 Å². The molecular weight excluding hydrogens is 409 g/mol. The van der Waals surface area contributed by atoms with Crippen LogP contribution < -0.4 is 5.32 Å². The van der Waals surface area contributed by atoms with Gasteiger partial charge in [-0.2, -0.15) is 0 Å². The second-order valence-electron chi connectivity index (χ2n) is 6.50. The first kappa shape index (κ1) is 20.8. The first-order valence-corrected chi connectivity index (χ1v) is 9.68. The monoisotopic (exact) mass is 427 g/mol. The third kappa shape index (κ3) is 4.94. The third-order valence-electron chi connectivity index (χ3n) is 4.58. The molecule has 0 aliphatic heterocycles. The number of hydrogen-bond acceptors (Lipinski definition) is 3. The molecule has 0 saturated carbocycles. The van der Waals surface area contributed by atoms with Gasteiger partial charge in [-0.3, -0.25) is 9.59 Å². The van der Waals surface area contributed by atoms with Crippen LogP contribution in [0.25, 0.3) is 0 Å². The van der Waals surface area contributed by atoms with Crippen LogP contribution in [0.5, 0.6) is 0 Å². The number of carbonyl (C=O) groups is 2. The summed E-state index contributed by atoms with van der Waals surface area (Å²) in [5.74, 6) is -0.543. The van der Waals surface area contributed by atoms with E-state index in [0.29, 0.717) is 11.3 Å². The van der Waals surface area contributed by atoms with E-state index in [1.807, 2.05) is 43.3 Å². The maximum absolute atomic E-state index is 12.8. The number of nitrogens with one attached hydrogen (secondary N) is 1. The molecule has 5 nitrogen and oxygen atoms in total. The minimum Gasteiger partial charge on any atom is -0.334 e. The Labute approximate surface area is 179 Å². The van der Waals surface area contributed by atoms with Crippen molar-refractivity contribution in [2.45, 2.75) is 13.0 Å². The topological polar surface area (TPSA) is 62.3 Å². The quantitative estimate of drug-likeness (QED) is 0.548. The molecule has 1 N–H and O–H groups in total. The fourth-order valence-corrected chi connectivity index (χ4v) is 3.14. The summed E-state index contributed by atoms with van der Waals surface area (Å²) in [7, 11) is 1.67. The molecule has 1 heterocycles. The number of amides is 2. The summed E-state index contributed by atoms with van der Waals surface area (Å²) >= 11 is 12.0. The van der Waals surface area contributed by atoms with Crippen LogP contribution in [0.15, 0.2) is 66.7 Å². The summed E-state index contributed by atoms with van der Waals surface area (Å²) < 4.78 is 0. The lowest BCUT2D eigenvalue weighted by Gasteiger charge is -2.26. The zero-order valence-electron chi connectivity index (χ0n) is 15.9. The Balaban J connectivity index is 1.78. The predicted molar refractivity (Wildman–Crippen MR) is 116 cm³/mol. The Morgan fingerprint density at radius 3 is 2.45 bits per heavy atom. The average Bonchev–Trinajstić information content (AvgIpc) is 2.74. The van der Waals surface area contributed by atoms with Gasteiger partial charge in [0, 0.05) is 18.3 Å². The van der Waals surface area contributed by atoms with Gasteiger partial charge in [-0.25, -0.2) is 4.98 Å². The molecule has 1 aromatic heterocycles. The Bertz CT molecular complexity index is 1040. The summed E-state index contributed by atoms with van der Waals surface area (Å²) in [6.07, 6.45) is 0. The molecule has 0 aliphatic rings. The van der Waals surface area contributed by atoms with E-state index in [1.54, 1.807) is 31.3 Å². The van der Waals surface area contributed by atoms with Crippen LogP contribution in [0.3, 0.4) is 0 Å². The van der Waals surface area contributed by atoms with Crippen molar-refractivity contribution in [3.8, 4) is 0 Å². The van der Waals surface area contributed by atoms with Crippen molar-refractivity contribution >= 4 is 40.7 Å². The maximum atomic E-state index is 12.8. The van der Waals surface area contributed by atoms with Crippen molar-refractivity contribution in [3.05, 3.63) is 93.7 Å². The minimum absolute atomic E-state index is 0.0991. The Morgan fingerprint density at radius 2 is 1.72 bits per heavy atom. The molecule has 2 aromatic carbocycles. The average molecular weight is 428 g/mol. The van der Waals surface area contributed by atoms with E-state index >= 15 is 0 Å². The molecule has 0 spiro atoms. The van der Waals surface area contributed by atoms with E-state index in [9.17, 15) is 9.59 Å². The highest BCUT2D eigenvalue weighted by atomic mass is 35.5. The van der Waals surface area contributed by atoms with Crippen molar-refractivity contribution in [2.75, 3.05) is 12.4 Å². The molecule has 7 heteroatoms. The molecule has 29 heavy (non-hydrogen) atoms. The van der Waals surface area contributed by atoms with Gasteiger partial charge in [-0.1, -0.05) is 53.5 Å². The Hall–Kier alpha value is -2.89. The van der Waals surface area contributed by atoms with Crippen molar-refractivity contribution in [3.63, 3.8) is 0 Å². The Kier molecular flexibility index (Phi) is 6.52. The summed E-state index contributed by atoms with van der Waals surface area (Å²) in [6.45, 7) is 1.88. The van der Waals surface area contributed by atoms with Gasteiger partial charge in [0.2, 0.25) is 0 Å². The highest BCUT2D eigenvalue weighted by molar-refractivity contribution is 6.34. The van der Waals surface area contributed by atoms with Crippen molar-refractivity contribution in [1.29, 1.82) is 0 Å². The van der Waals surface area contributed by atoms with Gasteiger partial charge in [0.15, 0.2) is 0 Å². The molecule has 0 radical (unpaired) electrons. The largest absolute Gasteiger partial charge is 0.334 e. The lowest BCUT2D eigenvalue weighted by atomic mass is 10.1. The molecule has 1 atom stereocenters. The smallest absolute Gasteiger partial charge is 0.274 e. The van der Waals surface area contributed by atoms with Crippen LogP contribution in [0, 0.1) is 0 Å². The summed E-state index contributed by atoms with van der Waals surface area (Å²) in [6, 6.07) is 19.1. The molecule has 0 saturated heterocycles. The second kappa shape index (κ2) is 9.07. The molecule has 0 fully saturated rings. The van der Waals surface area contributed by atoms with E-state index in [4.69, 9.17) is 23.2 Å². The van der Waals surface area contributed by atoms with Gasteiger partial charge in [-0.15, -0.1) is 0 Å². The lowest BCUT2D eigenvalue weighted by molar-refractivity contribution is 0.0736. The fourth-order valence-electron chi connectivity index (χ4n) is 2.80. The van der Waals surface area contributed by atoms with Gasteiger partial charge < -0.3 is 10.2 Å². The number of hydrogen-bond donors (Lipinski definition) is 1. The summed E-state index contributed by atoms with van der Waals surface area (Å²) in [5, 5.41) is 3.31. The van der Waals surface area contributed by atoms with Crippen molar-refractivity contribution in [1.82, 2.24) is 9.88 Å². The molecular formula is C22H19Cl2N3O2. The van der Waals surface area contributed by atoms with Crippen molar-refractivity contribution in [2.24, 2.45) is 0 Å².